The number of aliphatic carboxylic acids is 1. The van der Waals surface area contributed by atoms with Crippen molar-refractivity contribution in [3.63, 3.8) is 0 Å². The van der Waals surface area contributed by atoms with Crippen molar-refractivity contribution in [3.05, 3.63) is 24.2 Å². The zero-order chi connectivity index (χ0) is 9.84. The second kappa shape index (κ2) is 3.75. The highest BCUT2D eigenvalue weighted by molar-refractivity contribution is 6.31. The van der Waals surface area contributed by atoms with E-state index < -0.39 is 11.9 Å². The predicted octanol–water partition coefficient (Wildman–Crippen LogP) is 0.541. The van der Waals surface area contributed by atoms with Crippen LogP contribution in [0.3, 0.4) is 0 Å². The molecular formula is C8H9NO4. The molecule has 0 bridgehead atoms. The van der Waals surface area contributed by atoms with Gasteiger partial charge in [-0.05, 0) is 13.0 Å². The van der Waals surface area contributed by atoms with Crippen molar-refractivity contribution in [1.82, 2.24) is 5.32 Å². The summed E-state index contributed by atoms with van der Waals surface area (Å²) in [6, 6.07) is 1.30. The smallest absolute Gasteiger partial charge is 0.394 e. The Labute approximate surface area is 74.4 Å². The first kappa shape index (κ1) is 9.31. The molecule has 0 fully saturated rings. The lowest BCUT2D eigenvalue weighted by atomic mass is 10.2. The Hall–Kier alpha value is -1.78. The molecule has 13 heavy (non-hydrogen) atoms. The van der Waals surface area contributed by atoms with Crippen LogP contribution in [0.25, 0.3) is 0 Å². The van der Waals surface area contributed by atoms with Crippen molar-refractivity contribution in [2.24, 2.45) is 0 Å². The minimum absolute atomic E-state index is 0.359. The van der Waals surface area contributed by atoms with Crippen LogP contribution in [0.1, 0.15) is 18.5 Å². The first-order valence-corrected chi connectivity index (χ1v) is 3.67. The standard InChI is InChI=1S/C8H9NO4/c1-5(6-2-3-13-4-6)9-7(10)8(11)12/h2-5H,1H3,(H,9,10)(H,11,12). The number of carbonyl (C=O) groups excluding carboxylic acids is 1. The van der Waals surface area contributed by atoms with E-state index in [2.05, 4.69) is 5.32 Å². The van der Waals surface area contributed by atoms with Gasteiger partial charge in [-0.3, -0.25) is 4.79 Å². The van der Waals surface area contributed by atoms with Crippen LogP contribution in [0.15, 0.2) is 23.0 Å². The summed E-state index contributed by atoms with van der Waals surface area (Å²) >= 11 is 0. The summed E-state index contributed by atoms with van der Waals surface area (Å²) in [5, 5.41) is 10.6. The number of amides is 1. The second-order valence-electron chi connectivity index (χ2n) is 2.56. The quantitative estimate of drug-likeness (QED) is 0.656. The highest BCUT2D eigenvalue weighted by Gasteiger charge is 2.15. The van der Waals surface area contributed by atoms with E-state index in [4.69, 9.17) is 9.52 Å². The molecule has 0 saturated heterocycles. The number of carboxylic acid groups (broad SMARTS) is 1. The summed E-state index contributed by atoms with van der Waals surface area (Å²) in [6.07, 6.45) is 2.91. The van der Waals surface area contributed by atoms with Crippen molar-refractivity contribution >= 4 is 11.9 Å². The zero-order valence-corrected chi connectivity index (χ0v) is 6.98. The second-order valence-corrected chi connectivity index (χ2v) is 2.56. The van der Waals surface area contributed by atoms with Crippen molar-refractivity contribution in [2.75, 3.05) is 0 Å². The van der Waals surface area contributed by atoms with Crippen LogP contribution in [-0.2, 0) is 9.59 Å². The zero-order valence-electron chi connectivity index (χ0n) is 6.98. The van der Waals surface area contributed by atoms with Gasteiger partial charge < -0.3 is 14.8 Å². The maximum absolute atomic E-state index is 10.7. The van der Waals surface area contributed by atoms with Gasteiger partial charge in [0.1, 0.15) is 0 Å². The Morgan fingerprint density at radius 2 is 2.31 bits per heavy atom. The van der Waals surface area contributed by atoms with Crippen LogP contribution in [-0.4, -0.2) is 17.0 Å². The third-order valence-corrected chi connectivity index (χ3v) is 1.59. The lowest BCUT2D eigenvalue weighted by molar-refractivity contribution is -0.150. The highest BCUT2D eigenvalue weighted by atomic mass is 16.4. The molecule has 1 aromatic heterocycles. The van der Waals surface area contributed by atoms with E-state index in [1.807, 2.05) is 0 Å². The molecular weight excluding hydrogens is 174 g/mol. The fraction of sp³-hybridized carbons (Fsp3) is 0.250. The topological polar surface area (TPSA) is 79.5 Å². The molecule has 1 rings (SSSR count). The molecule has 2 N–H and O–H groups in total. The summed E-state index contributed by atoms with van der Waals surface area (Å²) in [6.45, 7) is 1.67. The number of hydrogen-bond acceptors (Lipinski definition) is 3. The Morgan fingerprint density at radius 1 is 1.62 bits per heavy atom. The van der Waals surface area contributed by atoms with Crippen molar-refractivity contribution < 1.29 is 19.1 Å². The third-order valence-electron chi connectivity index (χ3n) is 1.59. The molecule has 5 heteroatoms. The van der Waals surface area contributed by atoms with Crippen LogP contribution in [0, 0.1) is 0 Å². The van der Waals surface area contributed by atoms with E-state index in [-0.39, 0.29) is 6.04 Å². The average Bonchev–Trinajstić information content (AvgIpc) is 2.55. The summed E-state index contributed by atoms with van der Waals surface area (Å²) in [7, 11) is 0. The molecule has 0 aliphatic rings. The normalized spacial score (nSPS) is 12.1. The Balaban J connectivity index is 2.56. The average molecular weight is 183 g/mol. The van der Waals surface area contributed by atoms with Gasteiger partial charge in [-0.25, -0.2) is 4.79 Å². The maximum Gasteiger partial charge on any atom is 0.394 e. The lowest BCUT2D eigenvalue weighted by Gasteiger charge is -2.08. The monoisotopic (exact) mass is 183 g/mol. The largest absolute Gasteiger partial charge is 0.474 e. The van der Waals surface area contributed by atoms with E-state index in [9.17, 15) is 9.59 Å². The fourth-order valence-electron chi connectivity index (χ4n) is 0.863. The van der Waals surface area contributed by atoms with Gasteiger partial charge in [0.2, 0.25) is 0 Å². The van der Waals surface area contributed by atoms with Crippen LogP contribution in [0.4, 0.5) is 0 Å². The van der Waals surface area contributed by atoms with E-state index in [0.717, 1.165) is 5.56 Å². The molecule has 0 spiro atoms. The Morgan fingerprint density at radius 3 is 2.77 bits per heavy atom. The number of rotatable bonds is 2. The molecule has 0 radical (unpaired) electrons. The number of hydrogen-bond donors (Lipinski definition) is 2. The van der Waals surface area contributed by atoms with Crippen molar-refractivity contribution in [1.29, 1.82) is 0 Å². The molecule has 1 heterocycles. The van der Waals surface area contributed by atoms with E-state index in [1.54, 1.807) is 13.0 Å². The maximum atomic E-state index is 10.7. The molecule has 0 aliphatic heterocycles. The van der Waals surface area contributed by atoms with E-state index >= 15 is 0 Å². The summed E-state index contributed by atoms with van der Waals surface area (Å²) in [5.74, 6) is -2.51. The minimum atomic E-state index is -1.49. The van der Waals surface area contributed by atoms with Crippen LogP contribution in [0.2, 0.25) is 0 Å². The van der Waals surface area contributed by atoms with Gasteiger partial charge in [-0.1, -0.05) is 0 Å². The van der Waals surface area contributed by atoms with Crippen LogP contribution < -0.4 is 5.32 Å². The Kier molecular flexibility index (Phi) is 2.69. The van der Waals surface area contributed by atoms with Gasteiger partial charge >= 0.3 is 11.9 Å². The molecule has 5 nitrogen and oxygen atoms in total. The fourth-order valence-corrected chi connectivity index (χ4v) is 0.863. The molecule has 70 valence electrons. The molecule has 1 unspecified atom stereocenters. The van der Waals surface area contributed by atoms with Crippen molar-refractivity contribution in [3.8, 4) is 0 Å². The SMILES string of the molecule is CC(NC(=O)C(=O)O)c1ccoc1. The van der Waals surface area contributed by atoms with Crippen LogP contribution >= 0.6 is 0 Å². The summed E-state index contributed by atoms with van der Waals surface area (Å²) in [5.41, 5.74) is 0.731. The molecule has 1 aromatic rings. The minimum Gasteiger partial charge on any atom is -0.474 e. The van der Waals surface area contributed by atoms with Gasteiger partial charge in [0, 0.05) is 5.56 Å². The number of carbonyl (C=O) groups is 2. The third kappa shape index (κ3) is 2.33. The Bertz CT molecular complexity index is 304. The molecule has 0 aromatic carbocycles. The summed E-state index contributed by atoms with van der Waals surface area (Å²) < 4.78 is 4.78. The van der Waals surface area contributed by atoms with Gasteiger partial charge in [-0.2, -0.15) is 0 Å². The van der Waals surface area contributed by atoms with Gasteiger partial charge in [0.25, 0.3) is 0 Å². The van der Waals surface area contributed by atoms with E-state index in [1.165, 1.54) is 12.5 Å². The number of furan rings is 1. The van der Waals surface area contributed by atoms with Gasteiger partial charge in [0.05, 0.1) is 18.6 Å². The van der Waals surface area contributed by atoms with Gasteiger partial charge in [0.15, 0.2) is 0 Å². The first-order chi connectivity index (χ1) is 6.11. The van der Waals surface area contributed by atoms with Gasteiger partial charge in [-0.15, -0.1) is 0 Å². The number of nitrogens with one attached hydrogen (secondary N) is 1. The lowest BCUT2D eigenvalue weighted by Crippen LogP contribution is -2.32. The molecule has 1 amide bonds. The molecule has 0 aliphatic carbocycles. The first-order valence-electron chi connectivity index (χ1n) is 3.67. The molecule has 0 saturated carbocycles. The highest BCUT2D eigenvalue weighted by Crippen LogP contribution is 2.11. The number of carboxylic acids is 1. The van der Waals surface area contributed by atoms with E-state index in [0.29, 0.717) is 0 Å². The van der Waals surface area contributed by atoms with Crippen LogP contribution in [0.5, 0.6) is 0 Å². The summed E-state index contributed by atoms with van der Waals surface area (Å²) in [4.78, 5) is 20.9. The van der Waals surface area contributed by atoms with Crippen molar-refractivity contribution in [2.45, 2.75) is 13.0 Å². The predicted molar refractivity (Wildman–Crippen MR) is 42.9 cm³/mol. The molecule has 1 atom stereocenters.